The van der Waals surface area contributed by atoms with Gasteiger partial charge in [0.05, 0.1) is 25.6 Å². The van der Waals surface area contributed by atoms with Crippen LogP contribution in [0.4, 0.5) is 0 Å². The van der Waals surface area contributed by atoms with E-state index in [0.29, 0.717) is 13.2 Å². The van der Waals surface area contributed by atoms with Crippen molar-refractivity contribution in [1.29, 1.82) is 0 Å². The van der Waals surface area contributed by atoms with Crippen LogP contribution in [0.5, 0.6) is 0 Å². The molecule has 0 bridgehead atoms. The van der Waals surface area contributed by atoms with E-state index in [1.54, 1.807) is 7.11 Å². The molecule has 1 fully saturated rings. The van der Waals surface area contributed by atoms with Crippen molar-refractivity contribution in [1.82, 2.24) is 14.5 Å². The van der Waals surface area contributed by atoms with E-state index in [1.165, 1.54) is 5.56 Å². The zero-order valence-electron chi connectivity index (χ0n) is 16.5. The molecule has 1 aromatic carbocycles. The Morgan fingerprint density at radius 3 is 2.37 bits per heavy atom. The van der Waals surface area contributed by atoms with Gasteiger partial charge in [0.25, 0.3) is 0 Å². The number of sulfonamides is 1. The van der Waals surface area contributed by atoms with E-state index in [1.807, 2.05) is 13.0 Å². The normalized spacial score (nSPS) is 17.9. The van der Waals surface area contributed by atoms with Crippen LogP contribution in [0.1, 0.15) is 12.5 Å². The Morgan fingerprint density at radius 1 is 1.04 bits per heavy atom. The Kier molecular flexibility index (Phi) is 9.67. The Morgan fingerprint density at radius 2 is 1.70 bits per heavy atom. The SMILES string of the molecule is COCCOCCS(=O)(=O)NC(C)CN1CCN(Cc2ccccc2)CC1. The van der Waals surface area contributed by atoms with E-state index in [0.717, 1.165) is 39.3 Å². The lowest BCUT2D eigenvalue weighted by atomic mass is 10.2. The minimum absolute atomic E-state index is 0.0219. The van der Waals surface area contributed by atoms with Crippen LogP contribution >= 0.6 is 0 Å². The van der Waals surface area contributed by atoms with E-state index in [4.69, 9.17) is 9.47 Å². The third-order valence-electron chi connectivity index (χ3n) is 4.55. The third kappa shape index (κ3) is 9.14. The van der Waals surface area contributed by atoms with Crippen molar-refractivity contribution in [3.05, 3.63) is 35.9 Å². The molecule has 1 aliphatic rings. The number of ether oxygens (including phenoxy) is 2. The van der Waals surface area contributed by atoms with Gasteiger partial charge in [-0.05, 0) is 12.5 Å². The zero-order chi connectivity index (χ0) is 19.5. The molecular formula is C19H33N3O4S. The van der Waals surface area contributed by atoms with Crippen LogP contribution in [0, 0.1) is 0 Å². The largest absolute Gasteiger partial charge is 0.382 e. The molecule has 8 heteroatoms. The first-order valence-corrected chi connectivity index (χ1v) is 11.2. The van der Waals surface area contributed by atoms with Gasteiger partial charge in [-0.25, -0.2) is 13.1 Å². The fraction of sp³-hybridized carbons (Fsp3) is 0.684. The number of nitrogens with zero attached hydrogens (tertiary/aromatic N) is 2. The Balaban J connectivity index is 1.64. The van der Waals surface area contributed by atoms with Crippen molar-refractivity contribution in [2.45, 2.75) is 19.5 Å². The van der Waals surface area contributed by atoms with Crippen molar-refractivity contribution in [2.75, 3.05) is 65.4 Å². The number of benzene rings is 1. The third-order valence-corrected chi connectivity index (χ3v) is 6.02. The molecule has 27 heavy (non-hydrogen) atoms. The molecule has 1 saturated heterocycles. The molecule has 2 rings (SSSR count). The summed E-state index contributed by atoms with van der Waals surface area (Å²) in [5, 5.41) is 0. The topological polar surface area (TPSA) is 71.1 Å². The van der Waals surface area contributed by atoms with Gasteiger partial charge in [0, 0.05) is 52.4 Å². The van der Waals surface area contributed by atoms with Gasteiger partial charge in [-0.1, -0.05) is 30.3 Å². The molecule has 0 aliphatic carbocycles. The molecule has 0 saturated carbocycles. The van der Waals surface area contributed by atoms with Crippen LogP contribution < -0.4 is 4.72 Å². The molecule has 1 aromatic rings. The summed E-state index contributed by atoms with van der Waals surface area (Å²) >= 11 is 0. The highest BCUT2D eigenvalue weighted by Gasteiger charge is 2.21. The quantitative estimate of drug-likeness (QED) is 0.524. The molecule has 1 heterocycles. The average molecular weight is 400 g/mol. The van der Waals surface area contributed by atoms with Crippen molar-refractivity contribution in [3.63, 3.8) is 0 Å². The Labute approximate surface area is 163 Å². The fourth-order valence-corrected chi connectivity index (χ4v) is 4.32. The van der Waals surface area contributed by atoms with E-state index in [2.05, 4.69) is 38.8 Å². The smallest absolute Gasteiger partial charge is 0.214 e. The van der Waals surface area contributed by atoms with Gasteiger partial charge in [0.2, 0.25) is 10.0 Å². The number of piperazine rings is 1. The van der Waals surface area contributed by atoms with E-state index in [9.17, 15) is 8.42 Å². The molecule has 154 valence electrons. The minimum Gasteiger partial charge on any atom is -0.382 e. The monoisotopic (exact) mass is 399 g/mol. The molecule has 0 amide bonds. The van der Waals surface area contributed by atoms with E-state index >= 15 is 0 Å². The van der Waals surface area contributed by atoms with Crippen molar-refractivity contribution in [3.8, 4) is 0 Å². The average Bonchev–Trinajstić information content (AvgIpc) is 2.63. The summed E-state index contributed by atoms with van der Waals surface area (Å²) < 4.78 is 37.1. The van der Waals surface area contributed by atoms with E-state index < -0.39 is 10.0 Å². The second-order valence-corrected chi connectivity index (χ2v) is 8.88. The second-order valence-electron chi connectivity index (χ2n) is 7.01. The van der Waals surface area contributed by atoms with Crippen LogP contribution in [-0.4, -0.2) is 89.7 Å². The van der Waals surface area contributed by atoms with Crippen molar-refractivity contribution in [2.24, 2.45) is 0 Å². The van der Waals surface area contributed by atoms with Gasteiger partial charge >= 0.3 is 0 Å². The van der Waals surface area contributed by atoms with E-state index in [-0.39, 0.29) is 18.4 Å². The predicted octanol–water partition coefficient (Wildman–Crippen LogP) is 0.775. The van der Waals surface area contributed by atoms with Crippen LogP contribution in [0.15, 0.2) is 30.3 Å². The molecular weight excluding hydrogens is 366 g/mol. The lowest BCUT2D eigenvalue weighted by Crippen LogP contribution is -2.50. The second kappa shape index (κ2) is 11.7. The van der Waals surface area contributed by atoms with Crippen LogP contribution in [0.2, 0.25) is 0 Å². The van der Waals surface area contributed by atoms with Crippen molar-refractivity contribution >= 4 is 10.0 Å². The molecule has 1 atom stereocenters. The van der Waals surface area contributed by atoms with Gasteiger partial charge in [0.1, 0.15) is 0 Å². The first-order chi connectivity index (χ1) is 13.0. The highest BCUT2D eigenvalue weighted by Crippen LogP contribution is 2.09. The highest BCUT2D eigenvalue weighted by atomic mass is 32.2. The Hall–Kier alpha value is -1.03. The lowest BCUT2D eigenvalue weighted by molar-refractivity contribution is 0.0784. The summed E-state index contributed by atoms with van der Waals surface area (Å²) in [6.45, 7) is 8.60. The fourth-order valence-electron chi connectivity index (χ4n) is 3.17. The van der Waals surface area contributed by atoms with Gasteiger partial charge in [0.15, 0.2) is 0 Å². The van der Waals surface area contributed by atoms with Crippen LogP contribution in [0.3, 0.4) is 0 Å². The molecule has 0 aromatic heterocycles. The maximum Gasteiger partial charge on any atom is 0.214 e. The number of rotatable bonds is 12. The maximum atomic E-state index is 12.1. The predicted molar refractivity (Wildman–Crippen MR) is 107 cm³/mol. The van der Waals surface area contributed by atoms with Crippen molar-refractivity contribution < 1.29 is 17.9 Å². The van der Waals surface area contributed by atoms with Crippen LogP contribution in [-0.2, 0) is 26.0 Å². The van der Waals surface area contributed by atoms with Crippen LogP contribution in [0.25, 0.3) is 0 Å². The summed E-state index contributed by atoms with van der Waals surface area (Å²) in [4.78, 5) is 4.77. The van der Waals surface area contributed by atoms with Gasteiger partial charge in [-0.2, -0.15) is 0 Å². The standard InChI is InChI=1S/C19H33N3O4S/c1-18(20-27(23,24)15-14-26-13-12-25-2)16-21-8-10-22(11-9-21)17-19-6-4-3-5-7-19/h3-7,18,20H,8-17H2,1-2H3. The highest BCUT2D eigenvalue weighted by molar-refractivity contribution is 7.89. The number of hydrogen-bond donors (Lipinski definition) is 1. The lowest BCUT2D eigenvalue weighted by Gasteiger charge is -2.36. The molecule has 1 unspecified atom stereocenters. The first kappa shape index (κ1) is 22.3. The van der Waals surface area contributed by atoms with Gasteiger partial charge in [-0.3, -0.25) is 9.80 Å². The molecule has 7 nitrogen and oxygen atoms in total. The summed E-state index contributed by atoms with van der Waals surface area (Å²) in [5.41, 5.74) is 1.33. The molecule has 0 spiro atoms. The molecule has 1 aliphatic heterocycles. The number of methoxy groups -OCH3 is 1. The maximum absolute atomic E-state index is 12.1. The summed E-state index contributed by atoms with van der Waals surface area (Å²) in [6, 6.07) is 10.4. The molecule has 1 N–H and O–H groups in total. The summed E-state index contributed by atoms with van der Waals surface area (Å²) in [6.07, 6.45) is 0. The first-order valence-electron chi connectivity index (χ1n) is 9.54. The number of nitrogens with one attached hydrogen (secondary N) is 1. The minimum atomic E-state index is -3.32. The van der Waals surface area contributed by atoms with Gasteiger partial charge in [-0.15, -0.1) is 0 Å². The Bertz CT molecular complexity index is 619. The van der Waals surface area contributed by atoms with Gasteiger partial charge < -0.3 is 9.47 Å². The molecule has 0 radical (unpaired) electrons. The summed E-state index contributed by atoms with van der Waals surface area (Å²) in [5.74, 6) is -0.0219. The summed E-state index contributed by atoms with van der Waals surface area (Å²) in [7, 11) is -1.74. The number of hydrogen-bond acceptors (Lipinski definition) is 6. The zero-order valence-corrected chi connectivity index (χ0v) is 17.3.